The molecule has 0 heterocycles. The summed E-state index contributed by atoms with van der Waals surface area (Å²) in [5.41, 5.74) is -1.64. The molecule has 1 aliphatic rings. The van der Waals surface area contributed by atoms with Gasteiger partial charge in [-0.1, -0.05) is 18.2 Å². The van der Waals surface area contributed by atoms with E-state index in [2.05, 4.69) is 5.32 Å². The van der Waals surface area contributed by atoms with Gasteiger partial charge in [0.2, 0.25) is 5.91 Å². The maximum atomic E-state index is 13.0. The zero-order chi connectivity index (χ0) is 14.3. The summed E-state index contributed by atoms with van der Waals surface area (Å²) in [5, 5.41) is 2.71. The quantitative estimate of drug-likeness (QED) is 0.896. The largest absolute Gasteiger partial charge is 0.416 e. The summed E-state index contributed by atoms with van der Waals surface area (Å²) in [6.45, 7) is 3.19. The summed E-state index contributed by atoms with van der Waals surface area (Å²) in [5.74, 6) is -0.195. The monoisotopic (exact) mass is 271 g/mol. The maximum absolute atomic E-state index is 13.0. The van der Waals surface area contributed by atoms with E-state index in [0.717, 1.165) is 18.9 Å². The molecule has 5 heteroatoms. The Morgan fingerprint density at radius 3 is 2.16 bits per heavy atom. The van der Waals surface area contributed by atoms with Gasteiger partial charge in [-0.15, -0.1) is 0 Å². The standard InChI is InChI=1S/C14H16F3NO/c1-13(2,18-12(19)9-7-8-9)10-5-3-4-6-11(10)14(15,16)17/h3-6,9H,7-8H2,1-2H3,(H,18,19). The van der Waals surface area contributed by atoms with Crippen molar-refractivity contribution in [3.05, 3.63) is 35.4 Å². The van der Waals surface area contributed by atoms with Crippen molar-refractivity contribution in [2.45, 2.75) is 38.4 Å². The lowest BCUT2D eigenvalue weighted by atomic mass is 9.89. The van der Waals surface area contributed by atoms with Crippen LogP contribution in [0.1, 0.15) is 37.8 Å². The van der Waals surface area contributed by atoms with Crippen LogP contribution in [0, 0.1) is 5.92 Å². The van der Waals surface area contributed by atoms with Gasteiger partial charge in [0.15, 0.2) is 0 Å². The van der Waals surface area contributed by atoms with Gasteiger partial charge >= 0.3 is 6.18 Å². The number of amides is 1. The third kappa shape index (κ3) is 3.08. The van der Waals surface area contributed by atoms with Crippen molar-refractivity contribution in [1.29, 1.82) is 0 Å². The van der Waals surface area contributed by atoms with Gasteiger partial charge in [0.1, 0.15) is 0 Å². The number of hydrogen-bond acceptors (Lipinski definition) is 1. The van der Waals surface area contributed by atoms with Gasteiger partial charge in [-0.25, -0.2) is 0 Å². The van der Waals surface area contributed by atoms with Crippen LogP contribution in [-0.2, 0) is 16.5 Å². The summed E-state index contributed by atoms with van der Waals surface area (Å²) in [7, 11) is 0. The van der Waals surface area contributed by atoms with E-state index < -0.39 is 17.3 Å². The molecule has 1 N–H and O–H groups in total. The number of carbonyl (C=O) groups excluding carboxylic acids is 1. The summed E-state index contributed by atoms with van der Waals surface area (Å²) in [6.07, 6.45) is -2.77. The molecule has 0 saturated heterocycles. The van der Waals surface area contributed by atoms with E-state index in [1.807, 2.05) is 0 Å². The van der Waals surface area contributed by atoms with Crippen LogP contribution < -0.4 is 5.32 Å². The number of benzene rings is 1. The molecule has 19 heavy (non-hydrogen) atoms. The highest BCUT2D eigenvalue weighted by molar-refractivity contribution is 5.81. The Morgan fingerprint density at radius 2 is 1.68 bits per heavy atom. The van der Waals surface area contributed by atoms with Crippen molar-refractivity contribution in [3.8, 4) is 0 Å². The normalized spacial score (nSPS) is 16.3. The predicted octanol–water partition coefficient (Wildman–Crippen LogP) is 3.47. The molecule has 104 valence electrons. The molecule has 1 aromatic rings. The predicted molar refractivity (Wildman–Crippen MR) is 65.3 cm³/mol. The van der Waals surface area contributed by atoms with Crippen LogP contribution in [0.4, 0.5) is 13.2 Å². The molecule has 0 bridgehead atoms. The van der Waals surface area contributed by atoms with Crippen molar-refractivity contribution in [2.24, 2.45) is 5.92 Å². The van der Waals surface area contributed by atoms with Gasteiger partial charge in [-0.05, 0) is 38.3 Å². The highest BCUT2D eigenvalue weighted by Gasteiger charge is 2.39. The minimum Gasteiger partial charge on any atom is -0.347 e. The molecule has 0 atom stereocenters. The van der Waals surface area contributed by atoms with Gasteiger partial charge in [0, 0.05) is 5.92 Å². The number of alkyl halides is 3. The number of rotatable bonds is 3. The van der Waals surface area contributed by atoms with Crippen molar-refractivity contribution in [2.75, 3.05) is 0 Å². The van der Waals surface area contributed by atoms with Crippen LogP contribution in [0.5, 0.6) is 0 Å². The fraction of sp³-hybridized carbons (Fsp3) is 0.500. The molecule has 1 aliphatic carbocycles. The third-order valence-electron chi connectivity index (χ3n) is 3.29. The Morgan fingerprint density at radius 1 is 1.16 bits per heavy atom. The fourth-order valence-corrected chi connectivity index (χ4v) is 2.10. The van der Waals surface area contributed by atoms with Gasteiger partial charge in [0.25, 0.3) is 0 Å². The Kier molecular flexibility index (Phi) is 3.32. The minimum absolute atomic E-state index is 0.0303. The number of nitrogens with one attached hydrogen (secondary N) is 1. The van der Waals surface area contributed by atoms with E-state index in [0.29, 0.717) is 0 Å². The van der Waals surface area contributed by atoms with Gasteiger partial charge in [-0.3, -0.25) is 4.79 Å². The number of carbonyl (C=O) groups is 1. The molecule has 0 aliphatic heterocycles. The van der Waals surface area contributed by atoms with Gasteiger partial charge in [0.05, 0.1) is 11.1 Å². The third-order valence-corrected chi connectivity index (χ3v) is 3.29. The minimum atomic E-state index is -4.42. The average molecular weight is 271 g/mol. The van der Waals surface area contributed by atoms with Crippen LogP contribution in [0.3, 0.4) is 0 Å². The molecule has 1 amide bonds. The molecular formula is C14H16F3NO. The molecular weight excluding hydrogens is 255 g/mol. The van der Waals surface area contributed by atoms with E-state index in [1.165, 1.54) is 12.1 Å². The topological polar surface area (TPSA) is 29.1 Å². The fourth-order valence-electron chi connectivity index (χ4n) is 2.10. The first-order valence-corrected chi connectivity index (χ1v) is 6.20. The molecule has 1 aromatic carbocycles. The zero-order valence-electron chi connectivity index (χ0n) is 10.8. The lowest BCUT2D eigenvalue weighted by Gasteiger charge is -2.29. The second-order valence-corrected chi connectivity index (χ2v) is 5.43. The number of hydrogen-bond donors (Lipinski definition) is 1. The van der Waals surface area contributed by atoms with Gasteiger partial charge in [-0.2, -0.15) is 13.2 Å². The molecule has 2 rings (SSSR count). The van der Waals surface area contributed by atoms with Crippen molar-refractivity contribution < 1.29 is 18.0 Å². The highest BCUT2D eigenvalue weighted by atomic mass is 19.4. The molecule has 0 radical (unpaired) electrons. The Bertz CT molecular complexity index is 490. The van der Waals surface area contributed by atoms with E-state index in [9.17, 15) is 18.0 Å². The average Bonchev–Trinajstić information content (AvgIpc) is 3.11. The molecule has 0 spiro atoms. The smallest absolute Gasteiger partial charge is 0.347 e. The summed E-state index contributed by atoms with van der Waals surface area (Å²) in [6, 6.07) is 5.36. The van der Waals surface area contributed by atoms with Crippen LogP contribution in [0.15, 0.2) is 24.3 Å². The molecule has 1 saturated carbocycles. The van der Waals surface area contributed by atoms with Crippen molar-refractivity contribution in [1.82, 2.24) is 5.32 Å². The van der Waals surface area contributed by atoms with Crippen LogP contribution in [0.25, 0.3) is 0 Å². The Labute approximate surface area is 110 Å². The van der Waals surface area contributed by atoms with Crippen LogP contribution >= 0.6 is 0 Å². The van der Waals surface area contributed by atoms with Crippen LogP contribution in [-0.4, -0.2) is 5.91 Å². The summed E-state index contributed by atoms with van der Waals surface area (Å²) < 4.78 is 38.9. The van der Waals surface area contributed by atoms with Crippen molar-refractivity contribution >= 4 is 5.91 Å². The lowest BCUT2D eigenvalue weighted by molar-refractivity contribution is -0.139. The number of halogens is 3. The molecule has 1 fully saturated rings. The second kappa shape index (κ2) is 4.54. The maximum Gasteiger partial charge on any atom is 0.416 e. The van der Waals surface area contributed by atoms with E-state index in [4.69, 9.17) is 0 Å². The summed E-state index contributed by atoms with van der Waals surface area (Å²) in [4.78, 5) is 11.8. The molecule has 0 aromatic heterocycles. The van der Waals surface area contributed by atoms with Crippen LogP contribution in [0.2, 0.25) is 0 Å². The van der Waals surface area contributed by atoms with E-state index >= 15 is 0 Å². The first kappa shape index (κ1) is 13.9. The Hall–Kier alpha value is -1.52. The lowest BCUT2D eigenvalue weighted by Crippen LogP contribution is -2.43. The second-order valence-electron chi connectivity index (χ2n) is 5.43. The highest BCUT2D eigenvalue weighted by Crippen LogP contribution is 2.37. The van der Waals surface area contributed by atoms with Gasteiger partial charge < -0.3 is 5.32 Å². The zero-order valence-corrected chi connectivity index (χ0v) is 10.8. The van der Waals surface area contributed by atoms with Crippen molar-refractivity contribution in [3.63, 3.8) is 0 Å². The molecule has 0 unspecified atom stereocenters. The van der Waals surface area contributed by atoms with E-state index in [-0.39, 0.29) is 17.4 Å². The van der Waals surface area contributed by atoms with E-state index in [1.54, 1.807) is 19.9 Å². The first-order valence-electron chi connectivity index (χ1n) is 6.20. The molecule has 2 nitrogen and oxygen atoms in total. The summed E-state index contributed by atoms with van der Waals surface area (Å²) >= 11 is 0. The first-order chi connectivity index (χ1) is 8.72. The Balaban J connectivity index is 2.31. The SMILES string of the molecule is CC(C)(NC(=O)C1CC1)c1ccccc1C(F)(F)F.